The van der Waals surface area contributed by atoms with Crippen molar-refractivity contribution in [2.24, 2.45) is 0 Å². The highest BCUT2D eigenvalue weighted by Crippen LogP contribution is 2.16. The minimum absolute atomic E-state index is 0.250. The Hall–Kier alpha value is -0.0800. The second-order valence-electron chi connectivity index (χ2n) is 2.23. The number of hydrogen-bond acceptors (Lipinski definition) is 2. The summed E-state index contributed by atoms with van der Waals surface area (Å²) in [4.78, 5) is 0. The Balaban J connectivity index is 0.000000187. The standard InChI is InChI=1S/C5H11N.C2H6O/c1-6-5-3-2-4-5;1-2-3/h5-6H,2-4H2,1H3;3H,2H2,1H3. The van der Waals surface area contributed by atoms with E-state index < -0.39 is 0 Å². The molecule has 0 spiro atoms. The predicted molar refractivity (Wildman–Crippen MR) is 39.5 cm³/mol. The molecule has 2 nitrogen and oxygen atoms in total. The zero-order valence-electron chi connectivity index (χ0n) is 6.35. The van der Waals surface area contributed by atoms with Crippen LogP contribution in [0.15, 0.2) is 0 Å². The molecule has 2 heteroatoms. The summed E-state index contributed by atoms with van der Waals surface area (Å²) >= 11 is 0. The van der Waals surface area contributed by atoms with Gasteiger partial charge in [-0.05, 0) is 26.8 Å². The molecule has 0 aliphatic heterocycles. The summed E-state index contributed by atoms with van der Waals surface area (Å²) in [5, 5.41) is 10.8. The molecule has 0 aromatic rings. The SMILES string of the molecule is CCO.CNC1CCC1. The van der Waals surface area contributed by atoms with Crippen LogP contribution in [-0.4, -0.2) is 24.8 Å². The molecule has 0 amide bonds. The fraction of sp³-hybridized carbons (Fsp3) is 1.00. The van der Waals surface area contributed by atoms with Crippen LogP contribution in [0, 0.1) is 0 Å². The molecule has 0 aromatic carbocycles. The predicted octanol–water partition coefficient (Wildman–Crippen LogP) is 0.757. The van der Waals surface area contributed by atoms with Gasteiger partial charge in [-0.2, -0.15) is 0 Å². The molecular weight excluding hydrogens is 114 g/mol. The molecule has 1 aliphatic rings. The summed E-state index contributed by atoms with van der Waals surface area (Å²) in [6.07, 6.45) is 4.23. The van der Waals surface area contributed by atoms with Crippen LogP contribution in [0.25, 0.3) is 0 Å². The first-order valence-electron chi connectivity index (χ1n) is 3.63. The summed E-state index contributed by atoms with van der Waals surface area (Å²) in [5.74, 6) is 0. The van der Waals surface area contributed by atoms with Gasteiger partial charge in [-0.15, -0.1) is 0 Å². The molecule has 1 aliphatic carbocycles. The van der Waals surface area contributed by atoms with Gasteiger partial charge >= 0.3 is 0 Å². The van der Waals surface area contributed by atoms with E-state index in [9.17, 15) is 0 Å². The van der Waals surface area contributed by atoms with Gasteiger partial charge in [0, 0.05) is 12.6 Å². The zero-order chi connectivity index (χ0) is 7.11. The van der Waals surface area contributed by atoms with Gasteiger partial charge in [-0.3, -0.25) is 0 Å². The van der Waals surface area contributed by atoms with Crippen molar-refractivity contribution < 1.29 is 5.11 Å². The Morgan fingerprint density at radius 1 is 1.56 bits per heavy atom. The van der Waals surface area contributed by atoms with Crippen molar-refractivity contribution >= 4 is 0 Å². The van der Waals surface area contributed by atoms with E-state index in [1.807, 2.05) is 7.05 Å². The average Bonchev–Trinajstić information content (AvgIpc) is 1.64. The lowest BCUT2D eigenvalue weighted by molar-refractivity contribution is 0.318. The van der Waals surface area contributed by atoms with Crippen molar-refractivity contribution in [1.82, 2.24) is 5.32 Å². The Kier molecular flexibility index (Phi) is 5.99. The second kappa shape index (κ2) is 6.05. The largest absolute Gasteiger partial charge is 0.397 e. The summed E-state index contributed by atoms with van der Waals surface area (Å²) in [7, 11) is 2.03. The van der Waals surface area contributed by atoms with Crippen molar-refractivity contribution in [3.8, 4) is 0 Å². The van der Waals surface area contributed by atoms with Gasteiger partial charge in [-0.1, -0.05) is 6.42 Å². The third-order valence-corrected chi connectivity index (χ3v) is 1.51. The number of aliphatic hydroxyl groups is 1. The van der Waals surface area contributed by atoms with Crippen molar-refractivity contribution in [2.45, 2.75) is 32.2 Å². The van der Waals surface area contributed by atoms with Crippen molar-refractivity contribution in [3.05, 3.63) is 0 Å². The lowest BCUT2D eigenvalue weighted by Gasteiger charge is -2.23. The molecule has 1 saturated carbocycles. The van der Waals surface area contributed by atoms with Gasteiger partial charge in [-0.25, -0.2) is 0 Å². The summed E-state index contributed by atoms with van der Waals surface area (Å²) in [6, 6.07) is 0.866. The van der Waals surface area contributed by atoms with Crippen LogP contribution in [0.4, 0.5) is 0 Å². The second-order valence-corrected chi connectivity index (χ2v) is 2.23. The molecule has 0 atom stereocenters. The quantitative estimate of drug-likeness (QED) is 0.550. The smallest absolute Gasteiger partial charge is 0.0402 e. The van der Waals surface area contributed by atoms with Crippen LogP contribution in [0.5, 0.6) is 0 Å². The highest BCUT2D eigenvalue weighted by atomic mass is 16.2. The first-order valence-corrected chi connectivity index (χ1v) is 3.63. The first kappa shape index (κ1) is 8.92. The third kappa shape index (κ3) is 4.43. The molecule has 0 saturated heterocycles. The minimum Gasteiger partial charge on any atom is -0.397 e. The fourth-order valence-electron chi connectivity index (χ4n) is 0.697. The van der Waals surface area contributed by atoms with Crippen LogP contribution < -0.4 is 5.32 Å². The Bertz CT molecular complexity index is 50.1. The Labute approximate surface area is 57.3 Å². The molecular formula is C7H17NO. The molecule has 2 N–H and O–H groups in total. The van der Waals surface area contributed by atoms with E-state index >= 15 is 0 Å². The molecule has 56 valence electrons. The molecule has 0 unspecified atom stereocenters. The maximum absolute atomic E-state index is 7.57. The molecule has 0 bridgehead atoms. The van der Waals surface area contributed by atoms with Gasteiger partial charge < -0.3 is 10.4 Å². The minimum atomic E-state index is 0.250. The lowest BCUT2D eigenvalue weighted by atomic mass is 9.94. The van der Waals surface area contributed by atoms with E-state index in [1.165, 1.54) is 19.3 Å². The lowest BCUT2D eigenvalue weighted by Crippen LogP contribution is -2.31. The number of hydrogen-bond donors (Lipinski definition) is 2. The topological polar surface area (TPSA) is 32.3 Å². The number of aliphatic hydroxyl groups excluding tert-OH is 1. The van der Waals surface area contributed by atoms with Crippen LogP contribution >= 0.6 is 0 Å². The summed E-state index contributed by atoms with van der Waals surface area (Å²) in [6.45, 7) is 1.93. The van der Waals surface area contributed by atoms with Gasteiger partial charge in [0.25, 0.3) is 0 Å². The van der Waals surface area contributed by atoms with Crippen molar-refractivity contribution in [2.75, 3.05) is 13.7 Å². The highest BCUT2D eigenvalue weighted by molar-refractivity contribution is 4.73. The van der Waals surface area contributed by atoms with Crippen molar-refractivity contribution in [3.63, 3.8) is 0 Å². The van der Waals surface area contributed by atoms with Crippen LogP contribution in [0.3, 0.4) is 0 Å². The van der Waals surface area contributed by atoms with Gasteiger partial charge in [0.15, 0.2) is 0 Å². The van der Waals surface area contributed by atoms with Crippen molar-refractivity contribution in [1.29, 1.82) is 0 Å². The molecule has 1 fully saturated rings. The van der Waals surface area contributed by atoms with E-state index in [0.29, 0.717) is 0 Å². The van der Waals surface area contributed by atoms with Crippen LogP contribution in [-0.2, 0) is 0 Å². The van der Waals surface area contributed by atoms with E-state index in [2.05, 4.69) is 5.32 Å². The zero-order valence-corrected chi connectivity index (χ0v) is 6.35. The van der Waals surface area contributed by atoms with Gasteiger partial charge in [0.05, 0.1) is 0 Å². The summed E-state index contributed by atoms with van der Waals surface area (Å²) in [5.41, 5.74) is 0. The fourth-order valence-corrected chi connectivity index (χ4v) is 0.697. The number of rotatable bonds is 1. The third-order valence-electron chi connectivity index (χ3n) is 1.51. The maximum Gasteiger partial charge on any atom is 0.0402 e. The van der Waals surface area contributed by atoms with E-state index in [4.69, 9.17) is 5.11 Å². The van der Waals surface area contributed by atoms with Crippen LogP contribution in [0.1, 0.15) is 26.2 Å². The Morgan fingerprint density at radius 2 is 2.00 bits per heavy atom. The van der Waals surface area contributed by atoms with Gasteiger partial charge in [0.2, 0.25) is 0 Å². The van der Waals surface area contributed by atoms with Gasteiger partial charge in [0.1, 0.15) is 0 Å². The molecule has 9 heavy (non-hydrogen) atoms. The average molecular weight is 131 g/mol. The Morgan fingerprint density at radius 3 is 2.00 bits per heavy atom. The molecule has 1 rings (SSSR count). The maximum atomic E-state index is 7.57. The normalized spacial score (nSPS) is 17.7. The monoisotopic (exact) mass is 131 g/mol. The summed E-state index contributed by atoms with van der Waals surface area (Å²) < 4.78 is 0. The van der Waals surface area contributed by atoms with E-state index in [-0.39, 0.29) is 6.61 Å². The molecule has 0 radical (unpaired) electrons. The number of nitrogens with one attached hydrogen (secondary N) is 1. The molecule has 0 heterocycles. The highest BCUT2D eigenvalue weighted by Gasteiger charge is 2.13. The van der Waals surface area contributed by atoms with Crippen LogP contribution in [0.2, 0.25) is 0 Å². The first-order chi connectivity index (χ1) is 4.35. The van der Waals surface area contributed by atoms with E-state index in [0.717, 1.165) is 6.04 Å². The molecule has 0 aromatic heterocycles. The van der Waals surface area contributed by atoms with E-state index in [1.54, 1.807) is 6.92 Å².